The molecule has 0 saturated heterocycles. The lowest BCUT2D eigenvalue weighted by molar-refractivity contribution is -0.120. The van der Waals surface area contributed by atoms with Crippen LogP contribution in [-0.2, 0) is 9.53 Å². The predicted molar refractivity (Wildman–Crippen MR) is 60.9 cm³/mol. The number of rotatable bonds is 6. The smallest absolute Gasteiger partial charge is 0.156 e. The zero-order chi connectivity index (χ0) is 11.8. The first kappa shape index (κ1) is 12.4. The highest BCUT2D eigenvalue weighted by atomic mass is 16.5. The van der Waals surface area contributed by atoms with Crippen molar-refractivity contribution in [2.24, 2.45) is 0 Å². The number of carbonyl (C=O) groups is 1. The minimum Gasteiger partial charge on any atom is -0.381 e. The molecule has 0 aliphatic rings. The number of ether oxygens (including phenoxy) is 1. The Morgan fingerprint density at radius 1 is 1.44 bits per heavy atom. The van der Waals surface area contributed by atoms with Crippen LogP contribution in [0.4, 0.5) is 0 Å². The van der Waals surface area contributed by atoms with Crippen LogP contribution >= 0.6 is 0 Å². The number of Topliss-reactive ketones (excluding diaryl/α,β-unsaturated/α-hetero) is 1. The van der Waals surface area contributed by atoms with Crippen LogP contribution < -0.4 is 0 Å². The van der Waals surface area contributed by atoms with Crippen LogP contribution in [0.25, 0.3) is 0 Å². The van der Waals surface area contributed by atoms with Crippen molar-refractivity contribution in [1.29, 1.82) is 5.26 Å². The molecule has 1 rings (SSSR count). The topological polar surface area (TPSA) is 50.1 Å². The van der Waals surface area contributed by atoms with E-state index in [1.807, 2.05) is 31.2 Å². The largest absolute Gasteiger partial charge is 0.381 e. The van der Waals surface area contributed by atoms with Gasteiger partial charge < -0.3 is 4.74 Å². The minimum atomic E-state index is -0.665. The zero-order valence-electron chi connectivity index (χ0n) is 9.35. The van der Waals surface area contributed by atoms with Gasteiger partial charge in [-0.05, 0) is 12.5 Å². The summed E-state index contributed by atoms with van der Waals surface area (Å²) in [5.41, 5.74) is 0.756. The third kappa shape index (κ3) is 3.48. The molecule has 1 atom stereocenters. The monoisotopic (exact) mass is 217 g/mol. The van der Waals surface area contributed by atoms with E-state index in [1.54, 1.807) is 12.1 Å². The van der Waals surface area contributed by atoms with Gasteiger partial charge in [-0.1, -0.05) is 30.3 Å². The number of nitrogens with zero attached hydrogens (tertiary/aromatic N) is 1. The van der Waals surface area contributed by atoms with Crippen LogP contribution in [-0.4, -0.2) is 19.0 Å². The first-order valence-corrected chi connectivity index (χ1v) is 5.34. The summed E-state index contributed by atoms with van der Waals surface area (Å²) in [5.74, 6) is -0.746. The number of hydrogen-bond donors (Lipinski definition) is 0. The standard InChI is InChI=1S/C13H15NO2/c1-2-16-9-8-13(15)12(10-14)11-6-4-3-5-7-11/h3-7,12H,2,8-9H2,1H3. The Balaban J connectivity index is 2.62. The van der Waals surface area contributed by atoms with Gasteiger partial charge in [0.15, 0.2) is 5.78 Å². The van der Waals surface area contributed by atoms with Crippen molar-refractivity contribution in [3.05, 3.63) is 35.9 Å². The molecule has 0 radical (unpaired) electrons. The second kappa shape index (κ2) is 6.76. The van der Waals surface area contributed by atoms with E-state index in [2.05, 4.69) is 0 Å². The van der Waals surface area contributed by atoms with E-state index in [1.165, 1.54) is 0 Å². The molecule has 84 valence electrons. The van der Waals surface area contributed by atoms with Crippen molar-refractivity contribution in [2.75, 3.05) is 13.2 Å². The van der Waals surface area contributed by atoms with E-state index in [0.29, 0.717) is 19.6 Å². The number of carbonyl (C=O) groups excluding carboxylic acids is 1. The second-order valence-corrected chi connectivity index (χ2v) is 3.39. The number of benzene rings is 1. The van der Waals surface area contributed by atoms with Crippen LogP contribution in [0.15, 0.2) is 30.3 Å². The van der Waals surface area contributed by atoms with E-state index in [-0.39, 0.29) is 5.78 Å². The Kier molecular flexibility index (Phi) is 5.24. The summed E-state index contributed by atoms with van der Waals surface area (Å²) in [6.07, 6.45) is 0.293. The lowest BCUT2D eigenvalue weighted by atomic mass is 9.95. The molecule has 0 amide bonds. The van der Waals surface area contributed by atoms with Gasteiger partial charge in [-0.15, -0.1) is 0 Å². The van der Waals surface area contributed by atoms with Crippen LogP contribution in [0.1, 0.15) is 24.8 Å². The molecule has 1 aromatic rings. The van der Waals surface area contributed by atoms with E-state index >= 15 is 0 Å². The first-order valence-electron chi connectivity index (χ1n) is 5.34. The maximum atomic E-state index is 11.7. The number of nitriles is 1. The molecular weight excluding hydrogens is 202 g/mol. The zero-order valence-corrected chi connectivity index (χ0v) is 9.35. The first-order chi connectivity index (χ1) is 7.79. The molecule has 1 unspecified atom stereocenters. The van der Waals surface area contributed by atoms with E-state index in [9.17, 15) is 4.79 Å². The highest BCUT2D eigenvalue weighted by molar-refractivity contribution is 5.88. The molecule has 3 heteroatoms. The van der Waals surface area contributed by atoms with Crippen molar-refractivity contribution in [1.82, 2.24) is 0 Å². The van der Waals surface area contributed by atoms with Crippen molar-refractivity contribution in [3.8, 4) is 6.07 Å². The van der Waals surface area contributed by atoms with E-state index < -0.39 is 5.92 Å². The van der Waals surface area contributed by atoms with Gasteiger partial charge in [0.1, 0.15) is 5.92 Å². The van der Waals surface area contributed by atoms with Gasteiger partial charge in [0.25, 0.3) is 0 Å². The summed E-state index contributed by atoms with van der Waals surface area (Å²) in [5, 5.41) is 8.99. The average molecular weight is 217 g/mol. The third-order valence-electron chi connectivity index (χ3n) is 2.28. The Labute approximate surface area is 95.7 Å². The van der Waals surface area contributed by atoms with Crippen LogP contribution in [0.5, 0.6) is 0 Å². The number of ketones is 1. The fourth-order valence-corrected chi connectivity index (χ4v) is 1.44. The van der Waals surface area contributed by atoms with E-state index in [0.717, 1.165) is 5.56 Å². The molecule has 0 N–H and O–H groups in total. The maximum Gasteiger partial charge on any atom is 0.156 e. The van der Waals surface area contributed by atoms with Crippen molar-refractivity contribution in [2.45, 2.75) is 19.3 Å². The lowest BCUT2D eigenvalue weighted by Gasteiger charge is -2.08. The molecule has 0 heterocycles. The van der Waals surface area contributed by atoms with Crippen molar-refractivity contribution >= 4 is 5.78 Å². The summed E-state index contributed by atoms with van der Waals surface area (Å²) < 4.78 is 5.10. The molecule has 16 heavy (non-hydrogen) atoms. The summed E-state index contributed by atoms with van der Waals surface area (Å²) in [6, 6.07) is 11.2. The van der Waals surface area contributed by atoms with Gasteiger partial charge in [0.2, 0.25) is 0 Å². The molecule has 0 aliphatic carbocycles. The molecule has 0 saturated carbocycles. The van der Waals surface area contributed by atoms with Gasteiger partial charge >= 0.3 is 0 Å². The molecule has 0 aromatic heterocycles. The fourth-order valence-electron chi connectivity index (χ4n) is 1.44. The summed E-state index contributed by atoms with van der Waals surface area (Å²) in [6.45, 7) is 2.86. The SMILES string of the molecule is CCOCCC(=O)C(C#N)c1ccccc1. The molecule has 0 aliphatic heterocycles. The molecule has 0 bridgehead atoms. The Morgan fingerprint density at radius 3 is 2.69 bits per heavy atom. The van der Waals surface area contributed by atoms with Crippen LogP contribution in [0.3, 0.4) is 0 Å². The minimum absolute atomic E-state index is 0.0813. The summed E-state index contributed by atoms with van der Waals surface area (Å²) in [4.78, 5) is 11.7. The predicted octanol–water partition coefficient (Wildman–Crippen LogP) is 2.29. The second-order valence-electron chi connectivity index (χ2n) is 3.39. The normalized spacial score (nSPS) is 11.8. The van der Waals surface area contributed by atoms with Crippen LogP contribution in [0.2, 0.25) is 0 Å². The molecule has 0 spiro atoms. The molecule has 1 aromatic carbocycles. The summed E-state index contributed by atoms with van der Waals surface area (Å²) >= 11 is 0. The molecule has 0 fully saturated rings. The highest BCUT2D eigenvalue weighted by Gasteiger charge is 2.18. The van der Waals surface area contributed by atoms with Gasteiger partial charge in [0.05, 0.1) is 12.7 Å². The molecule has 3 nitrogen and oxygen atoms in total. The Morgan fingerprint density at radius 2 is 2.12 bits per heavy atom. The number of hydrogen-bond acceptors (Lipinski definition) is 3. The quantitative estimate of drug-likeness (QED) is 0.687. The maximum absolute atomic E-state index is 11.7. The highest BCUT2D eigenvalue weighted by Crippen LogP contribution is 2.16. The summed E-state index contributed by atoms with van der Waals surface area (Å²) in [7, 11) is 0. The Bertz CT molecular complexity index is 367. The van der Waals surface area contributed by atoms with E-state index in [4.69, 9.17) is 10.00 Å². The average Bonchev–Trinajstić information content (AvgIpc) is 2.32. The van der Waals surface area contributed by atoms with Gasteiger partial charge in [0, 0.05) is 13.0 Å². The molecular formula is C13H15NO2. The van der Waals surface area contributed by atoms with Gasteiger partial charge in [-0.2, -0.15) is 5.26 Å². The van der Waals surface area contributed by atoms with Crippen molar-refractivity contribution in [3.63, 3.8) is 0 Å². The van der Waals surface area contributed by atoms with Gasteiger partial charge in [-0.25, -0.2) is 0 Å². The third-order valence-corrected chi connectivity index (χ3v) is 2.28. The Hall–Kier alpha value is -1.66. The lowest BCUT2D eigenvalue weighted by Crippen LogP contribution is -2.13. The van der Waals surface area contributed by atoms with Crippen LogP contribution in [0, 0.1) is 11.3 Å². The van der Waals surface area contributed by atoms with Crippen molar-refractivity contribution < 1.29 is 9.53 Å². The fraction of sp³-hybridized carbons (Fsp3) is 0.385. The van der Waals surface area contributed by atoms with Gasteiger partial charge in [-0.3, -0.25) is 4.79 Å².